The van der Waals surface area contributed by atoms with Gasteiger partial charge in [-0.3, -0.25) is 14.4 Å². The number of carboxylic acid groups (broad SMARTS) is 1. The molecule has 1 saturated heterocycles. The predicted molar refractivity (Wildman–Crippen MR) is 96.2 cm³/mol. The van der Waals surface area contributed by atoms with Gasteiger partial charge in [0.2, 0.25) is 17.7 Å². The van der Waals surface area contributed by atoms with Gasteiger partial charge in [-0.25, -0.2) is 4.39 Å². The van der Waals surface area contributed by atoms with Gasteiger partial charge in [0.1, 0.15) is 11.9 Å². The lowest BCUT2D eigenvalue weighted by molar-refractivity contribution is -0.307. The van der Waals surface area contributed by atoms with Gasteiger partial charge in [-0.1, -0.05) is 13.8 Å². The molecular formula is C19H23FN3O5-. The first-order valence-electron chi connectivity index (χ1n) is 8.97. The smallest absolute Gasteiger partial charge is 0.243 e. The van der Waals surface area contributed by atoms with Crippen molar-refractivity contribution >= 4 is 29.4 Å². The van der Waals surface area contributed by atoms with Gasteiger partial charge in [0.15, 0.2) is 0 Å². The van der Waals surface area contributed by atoms with Crippen LogP contribution in [0.15, 0.2) is 24.3 Å². The Kier molecular flexibility index (Phi) is 6.71. The van der Waals surface area contributed by atoms with E-state index in [4.69, 9.17) is 0 Å². The monoisotopic (exact) mass is 392 g/mol. The average Bonchev–Trinajstić information content (AvgIpc) is 3.01. The third kappa shape index (κ3) is 5.05. The Labute approximate surface area is 162 Å². The van der Waals surface area contributed by atoms with Crippen LogP contribution in [0.5, 0.6) is 0 Å². The third-order valence-corrected chi connectivity index (χ3v) is 4.59. The van der Waals surface area contributed by atoms with E-state index in [1.807, 2.05) is 0 Å². The Balaban J connectivity index is 2.03. The molecule has 2 rings (SSSR count). The van der Waals surface area contributed by atoms with Crippen molar-refractivity contribution in [1.29, 1.82) is 0 Å². The molecule has 0 radical (unpaired) electrons. The number of carboxylic acids is 1. The molecule has 0 unspecified atom stereocenters. The number of aliphatic carboxylic acids is 1. The van der Waals surface area contributed by atoms with Gasteiger partial charge in [0, 0.05) is 18.7 Å². The lowest BCUT2D eigenvalue weighted by Crippen LogP contribution is -2.55. The van der Waals surface area contributed by atoms with E-state index in [1.165, 1.54) is 36.1 Å². The van der Waals surface area contributed by atoms with Crippen LogP contribution in [0.1, 0.15) is 27.2 Å². The van der Waals surface area contributed by atoms with E-state index in [2.05, 4.69) is 10.6 Å². The molecule has 1 aliphatic rings. The van der Waals surface area contributed by atoms with Crippen molar-refractivity contribution in [3.05, 3.63) is 30.1 Å². The fourth-order valence-electron chi connectivity index (χ4n) is 2.92. The van der Waals surface area contributed by atoms with Gasteiger partial charge in [0.05, 0.1) is 17.9 Å². The minimum absolute atomic E-state index is 0.0366. The maximum atomic E-state index is 13.1. The van der Waals surface area contributed by atoms with Crippen molar-refractivity contribution in [2.24, 2.45) is 11.8 Å². The SMILES string of the molecule is CC(C)[C@H](NC(=O)[C@H]1CC(=O)N(c2ccc(F)cc2)C1)C(=O)N[C@@H](C)C(=O)[O-]. The zero-order valence-electron chi connectivity index (χ0n) is 15.9. The quantitative estimate of drug-likeness (QED) is 0.653. The summed E-state index contributed by atoms with van der Waals surface area (Å²) >= 11 is 0. The number of hydrogen-bond donors (Lipinski definition) is 2. The molecule has 8 nitrogen and oxygen atoms in total. The van der Waals surface area contributed by atoms with Crippen molar-refractivity contribution in [2.45, 2.75) is 39.3 Å². The standard InChI is InChI=1S/C19H24FN3O5/c1-10(2)16(18(26)21-11(3)19(27)28)22-17(25)12-8-15(24)23(9-12)14-6-4-13(20)5-7-14/h4-7,10-12,16H,8-9H2,1-3H3,(H,21,26)(H,22,25)(H,27,28)/p-1/t11-,12-,16-/m0/s1. The molecule has 1 fully saturated rings. The number of carbonyl (C=O) groups excluding carboxylic acids is 4. The second kappa shape index (κ2) is 8.81. The number of amides is 3. The lowest BCUT2D eigenvalue weighted by Gasteiger charge is -2.25. The molecule has 0 aromatic heterocycles. The first kappa shape index (κ1) is 21.3. The molecule has 1 aromatic carbocycles. The highest BCUT2D eigenvalue weighted by atomic mass is 19.1. The summed E-state index contributed by atoms with van der Waals surface area (Å²) in [6.07, 6.45) is -0.0366. The minimum Gasteiger partial charge on any atom is -0.548 e. The Hall–Kier alpha value is -2.97. The van der Waals surface area contributed by atoms with E-state index in [1.54, 1.807) is 13.8 Å². The molecule has 3 amide bonds. The molecule has 0 spiro atoms. The number of nitrogens with one attached hydrogen (secondary N) is 2. The van der Waals surface area contributed by atoms with Gasteiger partial charge in [-0.05, 0) is 37.1 Å². The Morgan fingerprint density at radius 3 is 2.29 bits per heavy atom. The first-order valence-corrected chi connectivity index (χ1v) is 8.97. The normalized spacial score (nSPS) is 18.7. The molecule has 0 bridgehead atoms. The molecule has 28 heavy (non-hydrogen) atoms. The maximum absolute atomic E-state index is 13.1. The largest absolute Gasteiger partial charge is 0.548 e. The van der Waals surface area contributed by atoms with Crippen LogP contribution in [-0.2, 0) is 19.2 Å². The number of rotatable bonds is 7. The fraction of sp³-hybridized carbons (Fsp3) is 0.474. The summed E-state index contributed by atoms with van der Waals surface area (Å²) in [5, 5.41) is 15.7. The van der Waals surface area contributed by atoms with Crippen LogP contribution in [0, 0.1) is 17.7 Å². The fourth-order valence-corrected chi connectivity index (χ4v) is 2.92. The van der Waals surface area contributed by atoms with Crippen molar-refractivity contribution < 1.29 is 28.7 Å². The number of halogens is 1. The highest BCUT2D eigenvalue weighted by Gasteiger charge is 2.37. The van der Waals surface area contributed by atoms with Crippen LogP contribution in [0.4, 0.5) is 10.1 Å². The Morgan fingerprint density at radius 2 is 1.75 bits per heavy atom. The van der Waals surface area contributed by atoms with E-state index in [0.29, 0.717) is 5.69 Å². The number of anilines is 1. The molecule has 1 heterocycles. The topological polar surface area (TPSA) is 119 Å². The molecular weight excluding hydrogens is 369 g/mol. The summed E-state index contributed by atoms with van der Waals surface area (Å²) in [5.41, 5.74) is 0.489. The van der Waals surface area contributed by atoms with Gasteiger partial charge >= 0.3 is 0 Å². The van der Waals surface area contributed by atoms with Crippen molar-refractivity contribution in [1.82, 2.24) is 10.6 Å². The summed E-state index contributed by atoms with van der Waals surface area (Å²) in [6, 6.07) is 3.22. The molecule has 1 aliphatic heterocycles. The second-order valence-electron chi connectivity index (χ2n) is 7.16. The highest BCUT2D eigenvalue weighted by molar-refractivity contribution is 6.01. The van der Waals surface area contributed by atoms with E-state index < -0.39 is 41.6 Å². The van der Waals surface area contributed by atoms with Gasteiger partial charge in [-0.2, -0.15) is 0 Å². The second-order valence-corrected chi connectivity index (χ2v) is 7.16. The summed E-state index contributed by atoms with van der Waals surface area (Å²) in [5.74, 6) is -4.23. The van der Waals surface area contributed by atoms with Gasteiger partial charge in [-0.15, -0.1) is 0 Å². The Morgan fingerprint density at radius 1 is 1.14 bits per heavy atom. The summed E-state index contributed by atoms with van der Waals surface area (Å²) < 4.78 is 13.1. The molecule has 9 heteroatoms. The van der Waals surface area contributed by atoms with Crippen LogP contribution in [-0.4, -0.2) is 42.3 Å². The van der Waals surface area contributed by atoms with Gasteiger partial charge < -0.3 is 25.4 Å². The number of benzene rings is 1. The maximum Gasteiger partial charge on any atom is 0.243 e. The number of carbonyl (C=O) groups is 4. The molecule has 3 atom stereocenters. The summed E-state index contributed by atoms with van der Waals surface area (Å²) in [4.78, 5) is 49.4. The minimum atomic E-state index is -1.43. The molecule has 0 saturated carbocycles. The van der Waals surface area contributed by atoms with E-state index in [-0.39, 0.29) is 24.8 Å². The summed E-state index contributed by atoms with van der Waals surface area (Å²) in [6.45, 7) is 4.79. The zero-order valence-corrected chi connectivity index (χ0v) is 15.9. The lowest BCUT2D eigenvalue weighted by atomic mass is 10.0. The van der Waals surface area contributed by atoms with Gasteiger partial charge in [0.25, 0.3) is 0 Å². The molecule has 1 aromatic rings. The van der Waals surface area contributed by atoms with Crippen LogP contribution in [0.25, 0.3) is 0 Å². The predicted octanol–water partition coefficient (Wildman–Crippen LogP) is -0.426. The third-order valence-electron chi connectivity index (χ3n) is 4.59. The van der Waals surface area contributed by atoms with E-state index in [9.17, 15) is 28.7 Å². The van der Waals surface area contributed by atoms with Crippen molar-refractivity contribution in [3.8, 4) is 0 Å². The van der Waals surface area contributed by atoms with E-state index in [0.717, 1.165) is 0 Å². The molecule has 0 aliphatic carbocycles. The van der Waals surface area contributed by atoms with Crippen LogP contribution in [0.3, 0.4) is 0 Å². The van der Waals surface area contributed by atoms with Crippen LogP contribution in [0.2, 0.25) is 0 Å². The first-order chi connectivity index (χ1) is 13.1. The van der Waals surface area contributed by atoms with Crippen LogP contribution >= 0.6 is 0 Å². The van der Waals surface area contributed by atoms with Crippen LogP contribution < -0.4 is 20.6 Å². The highest BCUT2D eigenvalue weighted by Crippen LogP contribution is 2.25. The number of nitrogens with zero attached hydrogens (tertiary/aromatic N) is 1. The van der Waals surface area contributed by atoms with Crippen molar-refractivity contribution in [2.75, 3.05) is 11.4 Å². The number of hydrogen-bond acceptors (Lipinski definition) is 5. The van der Waals surface area contributed by atoms with E-state index >= 15 is 0 Å². The molecule has 2 N–H and O–H groups in total. The average molecular weight is 392 g/mol. The summed E-state index contributed by atoms with van der Waals surface area (Å²) in [7, 11) is 0. The van der Waals surface area contributed by atoms with Crippen molar-refractivity contribution in [3.63, 3.8) is 0 Å². The zero-order chi connectivity index (χ0) is 21.0. The molecule has 152 valence electrons. The Bertz CT molecular complexity index is 765.